The average molecular weight is 290 g/mol. The summed E-state index contributed by atoms with van der Waals surface area (Å²) in [4.78, 5) is 14.8. The Bertz CT molecular complexity index is 494. The second-order valence-electron chi connectivity index (χ2n) is 6.24. The molecule has 2 N–H and O–H groups in total. The van der Waals surface area contributed by atoms with Crippen molar-refractivity contribution in [1.29, 1.82) is 0 Å². The molecule has 1 heterocycles. The van der Waals surface area contributed by atoms with Crippen molar-refractivity contribution in [2.24, 2.45) is 5.92 Å². The predicted molar refractivity (Wildman–Crippen MR) is 84.6 cm³/mol. The lowest BCUT2D eigenvalue weighted by molar-refractivity contribution is 0.0657. The summed E-state index contributed by atoms with van der Waals surface area (Å²) in [7, 11) is 0. The molecule has 1 amide bonds. The molecule has 0 unspecified atom stereocenters. The van der Waals surface area contributed by atoms with Crippen molar-refractivity contribution >= 4 is 5.91 Å². The van der Waals surface area contributed by atoms with Gasteiger partial charge in [-0.1, -0.05) is 0 Å². The number of carbonyl (C=O) groups is 1. The number of carbonyl (C=O) groups excluding carboxylic acids is 1. The molecule has 1 saturated heterocycles. The van der Waals surface area contributed by atoms with Crippen molar-refractivity contribution in [2.45, 2.75) is 39.7 Å². The van der Waals surface area contributed by atoms with Gasteiger partial charge in [-0.05, 0) is 76.4 Å². The Balaban J connectivity index is 2.14. The van der Waals surface area contributed by atoms with Crippen molar-refractivity contribution in [1.82, 2.24) is 10.2 Å². The first-order valence-electron chi connectivity index (χ1n) is 7.80. The SMILES string of the molecule is Cc1cc(O)ccc1C(=O)N(CC1CCNCC1)C(C)C. The van der Waals surface area contributed by atoms with E-state index in [1.165, 1.54) is 0 Å². The number of nitrogens with one attached hydrogen (secondary N) is 1. The van der Waals surface area contributed by atoms with Crippen LogP contribution in [0.4, 0.5) is 0 Å². The molecule has 0 saturated carbocycles. The number of phenols is 1. The van der Waals surface area contributed by atoms with E-state index in [9.17, 15) is 9.90 Å². The highest BCUT2D eigenvalue weighted by Gasteiger charge is 2.24. The molecule has 0 atom stereocenters. The maximum absolute atomic E-state index is 12.8. The van der Waals surface area contributed by atoms with Gasteiger partial charge < -0.3 is 15.3 Å². The van der Waals surface area contributed by atoms with E-state index >= 15 is 0 Å². The predicted octanol–water partition coefficient (Wildman–Crippen LogP) is 2.55. The van der Waals surface area contributed by atoms with Crippen LogP contribution in [-0.4, -0.2) is 41.6 Å². The summed E-state index contributed by atoms with van der Waals surface area (Å²) in [6.45, 7) is 8.91. The lowest BCUT2D eigenvalue weighted by atomic mass is 9.96. The highest BCUT2D eigenvalue weighted by Crippen LogP contribution is 2.21. The molecule has 21 heavy (non-hydrogen) atoms. The number of piperidine rings is 1. The van der Waals surface area contributed by atoms with Gasteiger partial charge in [0.15, 0.2) is 0 Å². The van der Waals surface area contributed by atoms with Crippen LogP contribution in [0.5, 0.6) is 5.75 Å². The minimum Gasteiger partial charge on any atom is -0.508 e. The number of phenolic OH excluding ortho intramolecular Hbond substituents is 1. The number of benzene rings is 1. The number of amides is 1. The maximum Gasteiger partial charge on any atom is 0.254 e. The van der Waals surface area contributed by atoms with E-state index in [4.69, 9.17) is 0 Å². The zero-order valence-corrected chi connectivity index (χ0v) is 13.2. The second-order valence-corrected chi connectivity index (χ2v) is 6.24. The first-order chi connectivity index (χ1) is 9.99. The molecule has 0 aromatic heterocycles. The van der Waals surface area contributed by atoms with Crippen LogP contribution in [0.2, 0.25) is 0 Å². The number of hydrogen-bond donors (Lipinski definition) is 2. The fourth-order valence-electron chi connectivity index (χ4n) is 2.91. The molecule has 2 rings (SSSR count). The Morgan fingerprint density at radius 2 is 2.05 bits per heavy atom. The molecule has 1 aromatic carbocycles. The van der Waals surface area contributed by atoms with E-state index < -0.39 is 0 Å². The number of aromatic hydroxyl groups is 1. The molecule has 0 spiro atoms. The average Bonchev–Trinajstić information content (AvgIpc) is 2.45. The summed E-state index contributed by atoms with van der Waals surface area (Å²) < 4.78 is 0. The van der Waals surface area contributed by atoms with Crippen molar-refractivity contribution in [3.8, 4) is 5.75 Å². The number of hydrogen-bond acceptors (Lipinski definition) is 3. The summed E-state index contributed by atoms with van der Waals surface area (Å²) >= 11 is 0. The van der Waals surface area contributed by atoms with Crippen LogP contribution in [-0.2, 0) is 0 Å². The van der Waals surface area contributed by atoms with E-state index in [1.54, 1.807) is 18.2 Å². The normalized spacial score (nSPS) is 16.2. The van der Waals surface area contributed by atoms with Crippen molar-refractivity contribution < 1.29 is 9.90 Å². The van der Waals surface area contributed by atoms with Gasteiger partial charge in [-0.15, -0.1) is 0 Å². The summed E-state index contributed by atoms with van der Waals surface area (Å²) in [5, 5.41) is 12.9. The smallest absolute Gasteiger partial charge is 0.254 e. The van der Waals surface area contributed by atoms with E-state index in [2.05, 4.69) is 19.2 Å². The van der Waals surface area contributed by atoms with Gasteiger partial charge in [0.2, 0.25) is 0 Å². The Kier molecular flexibility index (Phi) is 5.23. The fraction of sp³-hybridized carbons (Fsp3) is 0.588. The Morgan fingerprint density at radius 1 is 1.38 bits per heavy atom. The molecule has 1 aliphatic rings. The van der Waals surface area contributed by atoms with Gasteiger partial charge in [0.1, 0.15) is 5.75 Å². The first kappa shape index (κ1) is 15.8. The summed E-state index contributed by atoms with van der Waals surface area (Å²) in [6, 6.07) is 5.14. The number of rotatable bonds is 4. The minimum absolute atomic E-state index is 0.0704. The summed E-state index contributed by atoms with van der Waals surface area (Å²) in [5.74, 6) is 0.856. The molecule has 0 radical (unpaired) electrons. The zero-order chi connectivity index (χ0) is 15.4. The third-order valence-electron chi connectivity index (χ3n) is 4.24. The summed E-state index contributed by atoms with van der Waals surface area (Å²) in [5.41, 5.74) is 1.52. The Labute approximate surface area is 127 Å². The van der Waals surface area contributed by atoms with Crippen molar-refractivity contribution in [3.63, 3.8) is 0 Å². The lowest BCUT2D eigenvalue weighted by Crippen LogP contribution is -2.43. The molecule has 4 heteroatoms. The van der Waals surface area contributed by atoms with Crippen LogP contribution in [0, 0.1) is 12.8 Å². The Morgan fingerprint density at radius 3 is 2.62 bits per heavy atom. The maximum atomic E-state index is 12.8. The standard InChI is InChI=1S/C17H26N2O2/c1-12(2)19(11-14-6-8-18-9-7-14)17(21)16-5-4-15(20)10-13(16)3/h4-5,10,12,14,18,20H,6-9,11H2,1-3H3. The molecule has 4 nitrogen and oxygen atoms in total. The first-order valence-corrected chi connectivity index (χ1v) is 7.80. The molecule has 1 aromatic rings. The van der Waals surface area contributed by atoms with Crippen molar-refractivity contribution in [2.75, 3.05) is 19.6 Å². The molecule has 0 aliphatic carbocycles. The van der Waals surface area contributed by atoms with E-state index in [1.807, 2.05) is 11.8 Å². The second kappa shape index (κ2) is 6.94. The number of nitrogens with zero attached hydrogens (tertiary/aromatic N) is 1. The molecular weight excluding hydrogens is 264 g/mol. The van der Waals surface area contributed by atoms with Gasteiger partial charge in [0.05, 0.1) is 0 Å². The van der Waals surface area contributed by atoms with E-state index in [-0.39, 0.29) is 17.7 Å². The highest BCUT2D eigenvalue weighted by molar-refractivity contribution is 5.96. The van der Waals surface area contributed by atoms with Crippen LogP contribution >= 0.6 is 0 Å². The third kappa shape index (κ3) is 3.97. The molecular formula is C17H26N2O2. The summed E-state index contributed by atoms with van der Waals surface area (Å²) in [6.07, 6.45) is 2.26. The zero-order valence-electron chi connectivity index (χ0n) is 13.2. The monoisotopic (exact) mass is 290 g/mol. The van der Waals surface area contributed by atoms with Gasteiger partial charge in [-0.3, -0.25) is 4.79 Å². The van der Waals surface area contributed by atoms with E-state index in [0.717, 1.165) is 38.0 Å². The van der Waals surface area contributed by atoms with Crippen molar-refractivity contribution in [3.05, 3.63) is 29.3 Å². The van der Waals surface area contributed by atoms with Gasteiger partial charge >= 0.3 is 0 Å². The van der Waals surface area contributed by atoms with Crippen LogP contribution in [0.1, 0.15) is 42.6 Å². The topological polar surface area (TPSA) is 52.6 Å². The Hall–Kier alpha value is -1.55. The molecule has 116 valence electrons. The van der Waals surface area contributed by atoms with Crippen LogP contribution in [0.15, 0.2) is 18.2 Å². The number of aryl methyl sites for hydroxylation is 1. The molecule has 1 fully saturated rings. The molecule has 1 aliphatic heterocycles. The van der Waals surface area contributed by atoms with Gasteiger partial charge in [-0.25, -0.2) is 0 Å². The van der Waals surface area contributed by atoms with Crippen LogP contribution < -0.4 is 5.32 Å². The third-order valence-corrected chi connectivity index (χ3v) is 4.24. The van der Waals surface area contributed by atoms with E-state index in [0.29, 0.717) is 11.5 Å². The minimum atomic E-state index is 0.0704. The largest absolute Gasteiger partial charge is 0.508 e. The molecule has 0 bridgehead atoms. The van der Waals surface area contributed by atoms with Gasteiger partial charge in [0, 0.05) is 18.2 Å². The highest BCUT2D eigenvalue weighted by atomic mass is 16.3. The van der Waals surface area contributed by atoms with Crippen LogP contribution in [0.25, 0.3) is 0 Å². The van der Waals surface area contributed by atoms with Gasteiger partial charge in [-0.2, -0.15) is 0 Å². The van der Waals surface area contributed by atoms with Crippen LogP contribution in [0.3, 0.4) is 0 Å². The fourth-order valence-corrected chi connectivity index (χ4v) is 2.91. The quantitative estimate of drug-likeness (QED) is 0.896. The van der Waals surface area contributed by atoms with Gasteiger partial charge in [0.25, 0.3) is 5.91 Å². The lowest BCUT2D eigenvalue weighted by Gasteiger charge is -2.33.